The van der Waals surface area contributed by atoms with Crippen molar-refractivity contribution < 1.29 is 9.84 Å². The number of rotatable bonds is 11. The molecule has 1 N–H and O–H groups in total. The summed E-state index contributed by atoms with van der Waals surface area (Å²) in [5.74, 6) is 2.67. The van der Waals surface area contributed by atoms with Crippen molar-refractivity contribution in [3.05, 3.63) is 28.2 Å². The van der Waals surface area contributed by atoms with E-state index in [2.05, 4.69) is 64.7 Å². The van der Waals surface area contributed by atoms with Crippen molar-refractivity contribution >= 4 is 15.9 Å². The summed E-state index contributed by atoms with van der Waals surface area (Å²) in [6.07, 6.45) is 10.7. The lowest BCUT2D eigenvalue weighted by Crippen LogP contribution is -2.40. The first-order chi connectivity index (χ1) is 15.5. The molecule has 4 nitrogen and oxygen atoms in total. The first-order valence-corrected chi connectivity index (χ1v) is 13.8. The largest absolute Gasteiger partial charge is 0.491 e. The molecule has 1 saturated carbocycles. The second-order valence-electron chi connectivity index (χ2n) is 10.2. The highest BCUT2D eigenvalue weighted by molar-refractivity contribution is 9.10. The van der Waals surface area contributed by atoms with Crippen LogP contribution in [0.3, 0.4) is 0 Å². The fraction of sp³-hybridized carbons (Fsp3) is 0.778. The van der Waals surface area contributed by atoms with Crippen LogP contribution in [0.15, 0.2) is 22.7 Å². The van der Waals surface area contributed by atoms with Crippen molar-refractivity contribution in [3.8, 4) is 5.75 Å². The molecule has 1 heterocycles. The number of halogens is 1. The molecule has 0 spiro atoms. The molecule has 32 heavy (non-hydrogen) atoms. The Balaban J connectivity index is 1.36. The fourth-order valence-electron chi connectivity index (χ4n) is 5.67. The second-order valence-corrected chi connectivity index (χ2v) is 11.1. The van der Waals surface area contributed by atoms with Crippen LogP contribution in [0.25, 0.3) is 0 Å². The number of hydrogen-bond acceptors (Lipinski definition) is 4. The Labute approximate surface area is 204 Å². The van der Waals surface area contributed by atoms with Crippen LogP contribution in [0.1, 0.15) is 71.3 Å². The van der Waals surface area contributed by atoms with Crippen molar-refractivity contribution in [1.82, 2.24) is 9.80 Å². The summed E-state index contributed by atoms with van der Waals surface area (Å²) in [6, 6.07) is 7.13. The van der Waals surface area contributed by atoms with E-state index in [1.165, 1.54) is 74.6 Å². The minimum absolute atomic E-state index is 0.216. The normalized spacial score (nSPS) is 23.2. The Kier molecular flexibility index (Phi) is 10.8. The molecule has 1 saturated heterocycles. The number of piperidine rings is 1. The molecule has 0 aromatic heterocycles. The number of hydrogen-bond donors (Lipinski definition) is 1. The van der Waals surface area contributed by atoms with Gasteiger partial charge in [-0.1, -0.05) is 22.9 Å². The number of aliphatic hydroxyl groups excluding tert-OH is 1. The number of likely N-dealkylation sites (tertiary alicyclic amines) is 1. The third kappa shape index (κ3) is 8.00. The number of benzene rings is 1. The molecular formula is C27H45BrN2O2. The van der Waals surface area contributed by atoms with E-state index in [9.17, 15) is 5.11 Å². The molecule has 0 atom stereocenters. The molecule has 2 fully saturated rings. The Morgan fingerprint density at radius 2 is 1.81 bits per heavy atom. The van der Waals surface area contributed by atoms with E-state index in [0.717, 1.165) is 37.1 Å². The van der Waals surface area contributed by atoms with E-state index in [4.69, 9.17) is 4.74 Å². The third-order valence-electron chi connectivity index (χ3n) is 7.58. The van der Waals surface area contributed by atoms with Gasteiger partial charge in [0.05, 0.1) is 12.7 Å². The predicted molar refractivity (Wildman–Crippen MR) is 137 cm³/mol. The van der Waals surface area contributed by atoms with Crippen LogP contribution in [0, 0.1) is 11.8 Å². The maximum atomic E-state index is 9.28. The van der Waals surface area contributed by atoms with E-state index in [-0.39, 0.29) is 12.7 Å². The van der Waals surface area contributed by atoms with E-state index in [0.29, 0.717) is 6.04 Å². The summed E-state index contributed by atoms with van der Waals surface area (Å²) in [5.41, 5.74) is 1.39. The maximum Gasteiger partial charge on any atom is 0.120 e. The van der Waals surface area contributed by atoms with E-state index < -0.39 is 0 Å². The van der Waals surface area contributed by atoms with Crippen LogP contribution in [0.4, 0.5) is 0 Å². The van der Waals surface area contributed by atoms with Crippen LogP contribution in [0.5, 0.6) is 5.75 Å². The standard InChI is InChI=1S/C27H45BrN2O2/c1-4-30(17-18-31)25-7-5-22(6-8-25)11-14-29-15-12-23(13-16-29)19-24-20-26(32-21(2)3)9-10-27(24)28/h9-10,20-23,25,31H,4-8,11-19H2,1-3H3. The molecule has 3 rings (SSSR count). The first kappa shape index (κ1) is 26.0. The number of ether oxygens (including phenoxy) is 1. The van der Waals surface area contributed by atoms with Gasteiger partial charge in [-0.15, -0.1) is 0 Å². The summed E-state index contributed by atoms with van der Waals surface area (Å²) in [4.78, 5) is 5.18. The minimum atomic E-state index is 0.216. The Hall–Kier alpha value is -0.620. The van der Waals surface area contributed by atoms with Gasteiger partial charge in [0.25, 0.3) is 0 Å². The quantitative estimate of drug-likeness (QED) is 0.412. The SMILES string of the molecule is CCN(CCO)C1CCC(CCN2CCC(Cc3cc(OC(C)C)ccc3Br)CC2)CC1. The zero-order chi connectivity index (χ0) is 22.9. The lowest BCUT2D eigenvalue weighted by atomic mass is 9.83. The van der Waals surface area contributed by atoms with Gasteiger partial charge in [0.2, 0.25) is 0 Å². The van der Waals surface area contributed by atoms with Gasteiger partial charge < -0.3 is 14.7 Å². The monoisotopic (exact) mass is 508 g/mol. The van der Waals surface area contributed by atoms with Crippen molar-refractivity contribution in [1.29, 1.82) is 0 Å². The zero-order valence-electron chi connectivity index (χ0n) is 20.6. The topological polar surface area (TPSA) is 35.9 Å². The summed E-state index contributed by atoms with van der Waals surface area (Å²) >= 11 is 3.75. The lowest BCUT2D eigenvalue weighted by molar-refractivity contribution is 0.108. The fourth-order valence-corrected chi connectivity index (χ4v) is 6.08. The van der Waals surface area contributed by atoms with Crippen molar-refractivity contribution in [2.75, 3.05) is 39.3 Å². The highest BCUT2D eigenvalue weighted by Crippen LogP contribution is 2.32. The van der Waals surface area contributed by atoms with E-state index in [1.807, 2.05) is 0 Å². The van der Waals surface area contributed by atoms with Gasteiger partial charge in [-0.2, -0.15) is 0 Å². The zero-order valence-corrected chi connectivity index (χ0v) is 22.2. The van der Waals surface area contributed by atoms with Gasteiger partial charge in [0, 0.05) is 17.1 Å². The molecule has 0 radical (unpaired) electrons. The number of aliphatic hydroxyl groups is 1. The molecule has 0 bridgehead atoms. The van der Waals surface area contributed by atoms with Crippen LogP contribution in [-0.4, -0.2) is 66.4 Å². The molecule has 1 aliphatic carbocycles. The smallest absolute Gasteiger partial charge is 0.120 e. The maximum absolute atomic E-state index is 9.28. The molecule has 1 aromatic carbocycles. The van der Waals surface area contributed by atoms with Crippen LogP contribution in [0.2, 0.25) is 0 Å². The molecule has 5 heteroatoms. The predicted octanol–water partition coefficient (Wildman–Crippen LogP) is 5.75. The van der Waals surface area contributed by atoms with Crippen LogP contribution in [-0.2, 0) is 6.42 Å². The average molecular weight is 510 g/mol. The van der Waals surface area contributed by atoms with Gasteiger partial charge in [0.15, 0.2) is 0 Å². The highest BCUT2D eigenvalue weighted by Gasteiger charge is 2.26. The summed E-state index contributed by atoms with van der Waals surface area (Å²) in [6.45, 7) is 12.4. The van der Waals surface area contributed by atoms with Gasteiger partial charge in [0.1, 0.15) is 5.75 Å². The molecule has 0 amide bonds. The van der Waals surface area contributed by atoms with Gasteiger partial charge in [-0.3, -0.25) is 4.90 Å². The Bertz CT molecular complexity index is 668. The molecule has 1 aromatic rings. The van der Waals surface area contributed by atoms with Crippen LogP contribution >= 0.6 is 15.9 Å². The molecule has 0 unspecified atom stereocenters. The lowest BCUT2D eigenvalue weighted by Gasteiger charge is -2.37. The Morgan fingerprint density at radius 1 is 1.09 bits per heavy atom. The number of likely N-dealkylation sites (N-methyl/N-ethyl adjacent to an activating group) is 1. The van der Waals surface area contributed by atoms with Crippen molar-refractivity contribution in [3.63, 3.8) is 0 Å². The van der Waals surface area contributed by atoms with Gasteiger partial charge in [-0.25, -0.2) is 0 Å². The highest BCUT2D eigenvalue weighted by atomic mass is 79.9. The average Bonchev–Trinajstić information content (AvgIpc) is 2.79. The van der Waals surface area contributed by atoms with Crippen molar-refractivity contribution in [2.45, 2.75) is 84.3 Å². The first-order valence-electron chi connectivity index (χ1n) is 13.0. The Morgan fingerprint density at radius 3 is 2.44 bits per heavy atom. The van der Waals surface area contributed by atoms with Crippen molar-refractivity contribution in [2.24, 2.45) is 11.8 Å². The summed E-state index contributed by atoms with van der Waals surface area (Å²) in [5, 5.41) is 9.28. The molecule has 2 aliphatic rings. The number of nitrogens with zero attached hydrogens (tertiary/aromatic N) is 2. The summed E-state index contributed by atoms with van der Waals surface area (Å²) < 4.78 is 7.12. The third-order valence-corrected chi connectivity index (χ3v) is 8.36. The molecule has 182 valence electrons. The van der Waals surface area contributed by atoms with Gasteiger partial charge in [-0.05, 0) is 127 Å². The van der Waals surface area contributed by atoms with E-state index >= 15 is 0 Å². The van der Waals surface area contributed by atoms with Gasteiger partial charge >= 0.3 is 0 Å². The van der Waals surface area contributed by atoms with Crippen LogP contribution < -0.4 is 4.74 Å². The molecule has 1 aliphatic heterocycles. The minimum Gasteiger partial charge on any atom is -0.491 e. The molecular weight excluding hydrogens is 464 g/mol. The second kappa shape index (κ2) is 13.3. The van der Waals surface area contributed by atoms with E-state index in [1.54, 1.807) is 0 Å². The summed E-state index contributed by atoms with van der Waals surface area (Å²) in [7, 11) is 0.